The molecule has 7 heteroatoms. The van der Waals surface area contributed by atoms with E-state index in [4.69, 9.17) is 5.73 Å². The van der Waals surface area contributed by atoms with E-state index in [2.05, 4.69) is 10.4 Å². The van der Waals surface area contributed by atoms with Crippen LogP contribution < -0.4 is 11.1 Å². The minimum Gasteiger partial charge on any atom is -0.352 e. The molecular formula is C22H31N5O2. The molecule has 0 aliphatic heterocycles. The van der Waals surface area contributed by atoms with Crippen molar-refractivity contribution in [2.24, 2.45) is 5.73 Å². The standard InChI is InChI=1S/C22H31N5O2/c23-12-7-13-26(15-18-8-3-1-4-9-18)22(29)19-14-24-27(16-19)17-21(28)25-20-10-5-2-6-11-20/h1,3-4,8-9,14,16,20H,2,5-7,10-13,15,17,23H2,(H,25,28). The predicted molar refractivity (Wildman–Crippen MR) is 112 cm³/mol. The van der Waals surface area contributed by atoms with E-state index in [1.165, 1.54) is 30.1 Å². The zero-order chi connectivity index (χ0) is 20.5. The smallest absolute Gasteiger partial charge is 0.257 e. The number of rotatable bonds is 9. The van der Waals surface area contributed by atoms with Gasteiger partial charge in [-0.15, -0.1) is 0 Å². The van der Waals surface area contributed by atoms with E-state index < -0.39 is 0 Å². The molecule has 1 aromatic carbocycles. The number of carbonyl (C=O) groups excluding carboxylic acids is 2. The molecule has 1 aliphatic carbocycles. The number of nitrogens with zero attached hydrogens (tertiary/aromatic N) is 3. The third-order valence-electron chi connectivity index (χ3n) is 5.29. The summed E-state index contributed by atoms with van der Waals surface area (Å²) in [5.41, 5.74) is 7.20. The van der Waals surface area contributed by atoms with Crippen LogP contribution in [-0.2, 0) is 17.9 Å². The van der Waals surface area contributed by atoms with Gasteiger partial charge in [0.25, 0.3) is 5.91 Å². The summed E-state index contributed by atoms with van der Waals surface area (Å²) >= 11 is 0. The van der Waals surface area contributed by atoms with Crippen molar-refractivity contribution in [3.8, 4) is 0 Å². The first kappa shape index (κ1) is 21.0. The van der Waals surface area contributed by atoms with Gasteiger partial charge in [0.15, 0.2) is 0 Å². The summed E-state index contributed by atoms with van der Waals surface area (Å²) in [5.74, 6) is -0.149. The maximum Gasteiger partial charge on any atom is 0.257 e. The van der Waals surface area contributed by atoms with Gasteiger partial charge in [-0.25, -0.2) is 0 Å². The molecule has 1 aliphatic rings. The number of hydrogen-bond acceptors (Lipinski definition) is 4. The van der Waals surface area contributed by atoms with E-state index in [-0.39, 0.29) is 24.4 Å². The number of hydrogen-bond donors (Lipinski definition) is 2. The summed E-state index contributed by atoms with van der Waals surface area (Å²) in [6.45, 7) is 1.76. The number of nitrogens with two attached hydrogens (primary N) is 1. The van der Waals surface area contributed by atoms with Gasteiger partial charge in [-0.2, -0.15) is 5.10 Å². The summed E-state index contributed by atoms with van der Waals surface area (Å²) < 4.78 is 1.54. The Morgan fingerprint density at radius 1 is 1.17 bits per heavy atom. The first-order chi connectivity index (χ1) is 14.2. The van der Waals surface area contributed by atoms with E-state index in [0.29, 0.717) is 25.2 Å². The van der Waals surface area contributed by atoms with Crippen molar-refractivity contribution in [3.05, 3.63) is 53.9 Å². The minimum atomic E-state index is -0.0961. The van der Waals surface area contributed by atoms with Crippen LogP contribution in [0.5, 0.6) is 0 Å². The van der Waals surface area contributed by atoms with Crippen molar-refractivity contribution in [1.82, 2.24) is 20.0 Å². The fraction of sp³-hybridized carbons (Fsp3) is 0.500. The van der Waals surface area contributed by atoms with Crippen molar-refractivity contribution < 1.29 is 9.59 Å². The lowest BCUT2D eigenvalue weighted by molar-refractivity contribution is -0.122. The zero-order valence-corrected chi connectivity index (χ0v) is 16.9. The molecular weight excluding hydrogens is 366 g/mol. The van der Waals surface area contributed by atoms with E-state index in [9.17, 15) is 9.59 Å². The van der Waals surface area contributed by atoms with Crippen LogP contribution >= 0.6 is 0 Å². The molecule has 29 heavy (non-hydrogen) atoms. The minimum absolute atomic E-state index is 0.0525. The van der Waals surface area contributed by atoms with E-state index in [1.54, 1.807) is 11.1 Å². The third kappa shape index (κ3) is 6.42. The Morgan fingerprint density at radius 2 is 1.93 bits per heavy atom. The molecule has 7 nitrogen and oxygen atoms in total. The van der Waals surface area contributed by atoms with Gasteiger partial charge in [0.1, 0.15) is 6.54 Å². The lowest BCUT2D eigenvalue weighted by Crippen LogP contribution is -2.38. The highest BCUT2D eigenvalue weighted by Gasteiger charge is 2.19. The first-order valence-corrected chi connectivity index (χ1v) is 10.5. The second kappa shape index (κ2) is 10.8. The molecule has 2 amide bonds. The number of amides is 2. The zero-order valence-electron chi connectivity index (χ0n) is 16.9. The van der Waals surface area contributed by atoms with Gasteiger partial charge in [0, 0.05) is 25.3 Å². The van der Waals surface area contributed by atoms with Crippen LogP contribution in [0.3, 0.4) is 0 Å². The van der Waals surface area contributed by atoms with Crippen LogP contribution in [-0.4, -0.2) is 45.6 Å². The lowest BCUT2D eigenvalue weighted by Gasteiger charge is -2.22. The molecule has 2 aromatic rings. The summed E-state index contributed by atoms with van der Waals surface area (Å²) in [7, 11) is 0. The highest BCUT2D eigenvalue weighted by molar-refractivity contribution is 5.93. The van der Waals surface area contributed by atoms with Crippen LogP contribution in [0.2, 0.25) is 0 Å². The number of benzene rings is 1. The lowest BCUT2D eigenvalue weighted by atomic mass is 9.95. The molecule has 0 spiro atoms. The normalized spacial score (nSPS) is 14.5. The second-order valence-electron chi connectivity index (χ2n) is 7.68. The van der Waals surface area contributed by atoms with E-state index in [1.807, 2.05) is 30.3 Å². The Kier molecular flexibility index (Phi) is 7.81. The van der Waals surface area contributed by atoms with Crippen LogP contribution in [0.15, 0.2) is 42.7 Å². The van der Waals surface area contributed by atoms with Crippen LogP contribution in [0.1, 0.15) is 54.4 Å². The highest BCUT2D eigenvalue weighted by Crippen LogP contribution is 2.17. The SMILES string of the molecule is NCCCN(Cc1ccccc1)C(=O)c1cnn(CC(=O)NC2CCCCC2)c1. The quantitative estimate of drug-likeness (QED) is 0.679. The molecule has 0 unspecified atom stereocenters. The Hall–Kier alpha value is -2.67. The van der Waals surface area contributed by atoms with Gasteiger partial charge < -0.3 is 16.0 Å². The summed E-state index contributed by atoms with van der Waals surface area (Å²) in [6.07, 6.45) is 9.61. The van der Waals surface area contributed by atoms with Crippen LogP contribution in [0.4, 0.5) is 0 Å². The Labute approximate surface area is 172 Å². The van der Waals surface area contributed by atoms with Gasteiger partial charge in [0.2, 0.25) is 5.91 Å². The monoisotopic (exact) mass is 397 g/mol. The molecule has 0 saturated heterocycles. The molecule has 1 aromatic heterocycles. The average molecular weight is 398 g/mol. The fourth-order valence-electron chi connectivity index (χ4n) is 3.75. The Balaban J connectivity index is 1.59. The van der Waals surface area contributed by atoms with E-state index in [0.717, 1.165) is 24.8 Å². The van der Waals surface area contributed by atoms with Crippen LogP contribution in [0, 0.1) is 0 Å². The van der Waals surface area contributed by atoms with Crippen molar-refractivity contribution in [3.63, 3.8) is 0 Å². The molecule has 0 atom stereocenters. The molecule has 1 saturated carbocycles. The first-order valence-electron chi connectivity index (χ1n) is 10.5. The number of carbonyl (C=O) groups is 2. The van der Waals surface area contributed by atoms with E-state index >= 15 is 0 Å². The van der Waals surface area contributed by atoms with Crippen molar-refractivity contribution in [1.29, 1.82) is 0 Å². The molecule has 0 bridgehead atoms. The average Bonchev–Trinajstić information content (AvgIpc) is 3.20. The topological polar surface area (TPSA) is 93.2 Å². The highest BCUT2D eigenvalue weighted by atomic mass is 16.2. The van der Waals surface area contributed by atoms with Crippen molar-refractivity contribution in [2.75, 3.05) is 13.1 Å². The van der Waals surface area contributed by atoms with Gasteiger partial charge >= 0.3 is 0 Å². The maximum absolute atomic E-state index is 13.0. The Morgan fingerprint density at radius 3 is 2.66 bits per heavy atom. The summed E-state index contributed by atoms with van der Waals surface area (Å²) in [5, 5.41) is 7.30. The van der Waals surface area contributed by atoms with Crippen molar-refractivity contribution in [2.45, 2.75) is 57.7 Å². The van der Waals surface area contributed by atoms with Gasteiger partial charge in [-0.05, 0) is 31.4 Å². The summed E-state index contributed by atoms with van der Waals surface area (Å²) in [6, 6.07) is 10.2. The van der Waals surface area contributed by atoms with Gasteiger partial charge in [-0.1, -0.05) is 49.6 Å². The van der Waals surface area contributed by atoms with Gasteiger partial charge in [0.05, 0.1) is 11.8 Å². The predicted octanol–water partition coefficient (Wildman–Crippen LogP) is 2.32. The number of nitrogens with one attached hydrogen (secondary N) is 1. The molecule has 0 radical (unpaired) electrons. The number of aromatic nitrogens is 2. The Bertz CT molecular complexity index is 784. The molecule has 3 N–H and O–H groups in total. The van der Waals surface area contributed by atoms with Gasteiger partial charge in [-0.3, -0.25) is 14.3 Å². The molecule has 156 valence electrons. The fourth-order valence-corrected chi connectivity index (χ4v) is 3.75. The van der Waals surface area contributed by atoms with Crippen LogP contribution in [0.25, 0.3) is 0 Å². The molecule has 3 rings (SSSR count). The summed E-state index contributed by atoms with van der Waals surface area (Å²) in [4.78, 5) is 27.1. The second-order valence-corrected chi connectivity index (χ2v) is 7.68. The third-order valence-corrected chi connectivity index (χ3v) is 5.29. The largest absolute Gasteiger partial charge is 0.352 e. The van der Waals surface area contributed by atoms with Crippen molar-refractivity contribution >= 4 is 11.8 Å². The molecule has 1 heterocycles. The molecule has 1 fully saturated rings. The maximum atomic E-state index is 13.0.